The molecule has 0 saturated heterocycles. The Morgan fingerprint density at radius 1 is 0.949 bits per heavy atom. The average molecular weight is 532 g/mol. The predicted molar refractivity (Wildman–Crippen MR) is 140 cm³/mol. The van der Waals surface area contributed by atoms with Crippen LogP contribution in [0.1, 0.15) is 29.2 Å². The average Bonchev–Trinajstić information content (AvgIpc) is 3.39. The lowest BCUT2D eigenvalue weighted by molar-refractivity contribution is 0.440. The van der Waals surface area contributed by atoms with E-state index < -0.39 is 29.0 Å². The zero-order valence-electron chi connectivity index (χ0n) is 21.2. The van der Waals surface area contributed by atoms with E-state index in [4.69, 9.17) is 0 Å². The minimum atomic E-state index is -0.772. The molecule has 0 bridgehead atoms. The van der Waals surface area contributed by atoms with Crippen molar-refractivity contribution < 1.29 is 18.3 Å². The van der Waals surface area contributed by atoms with Crippen molar-refractivity contribution in [2.75, 3.05) is 0 Å². The monoisotopic (exact) mass is 531 g/mol. The fourth-order valence-electron chi connectivity index (χ4n) is 4.45. The van der Waals surface area contributed by atoms with Crippen LogP contribution in [0, 0.1) is 24.5 Å². The largest absolute Gasteiger partial charge is 0.493 e. The topological polar surface area (TPSA) is 85.8 Å². The fraction of sp³-hybridized carbons (Fsp3) is 0.172. The SMILES string of the molecule is CCn1ccc(-c2nc(O)c(Cc3ccc(-c4ccnc(F)c4C)cc3)c(=O)n2Cc2cc(F)cc(F)c2)n1. The second kappa shape index (κ2) is 10.6. The van der Waals surface area contributed by atoms with Gasteiger partial charge in [-0.25, -0.2) is 13.8 Å². The van der Waals surface area contributed by atoms with Crippen molar-refractivity contribution in [1.82, 2.24) is 24.3 Å². The molecule has 0 amide bonds. The fourth-order valence-corrected chi connectivity index (χ4v) is 4.45. The first-order valence-corrected chi connectivity index (χ1v) is 12.3. The Morgan fingerprint density at radius 2 is 1.67 bits per heavy atom. The Kier molecular flexibility index (Phi) is 7.02. The lowest BCUT2D eigenvalue weighted by Crippen LogP contribution is -2.27. The van der Waals surface area contributed by atoms with Crippen LogP contribution in [0.3, 0.4) is 0 Å². The molecule has 5 aromatic rings. The molecular weight excluding hydrogens is 507 g/mol. The number of pyridine rings is 1. The number of halogens is 3. The first kappa shape index (κ1) is 25.9. The van der Waals surface area contributed by atoms with Gasteiger partial charge in [0.2, 0.25) is 11.8 Å². The van der Waals surface area contributed by atoms with Crippen LogP contribution in [-0.2, 0) is 19.5 Å². The number of nitrogens with zero attached hydrogens (tertiary/aromatic N) is 5. The minimum absolute atomic E-state index is 0.0180. The van der Waals surface area contributed by atoms with Gasteiger partial charge in [-0.1, -0.05) is 24.3 Å². The molecule has 39 heavy (non-hydrogen) atoms. The Bertz CT molecular complexity index is 1710. The number of aryl methyl sites for hydroxylation is 1. The molecule has 0 saturated carbocycles. The highest BCUT2D eigenvalue weighted by molar-refractivity contribution is 5.67. The maximum Gasteiger partial charge on any atom is 0.261 e. The van der Waals surface area contributed by atoms with Gasteiger partial charge >= 0.3 is 0 Å². The lowest BCUT2D eigenvalue weighted by Gasteiger charge is -2.15. The maximum atomic E-state index is 13.9. The van der Waals surface area contributed by atoms with E-state index in [1.54, 1.807) is 54.2 Å². The van der Waals surface area contributed by atoms with Crippen LogP contribution in [0.25, 0.3) is 22.6 Å². The quantitative estimate of drug-likeness (QED) is 0.290. The molecule has 10 heteroatoms. The van der Waals surface area contributed by atoms with Crippen LogP contribution >= 0.6 is 0 Å². The maximum absolute atomic E-state index is 13.9. The normalized spacial score (nSPS) is 11.2. The van der Waals surface area contributed by atoms with E-state index in [2.05, 4.69) is 15.1 Å². The van der Waals surface area contributed by atoms with Gasteiger partial charge in [0.15, 0.2) is 5.82 Å². The minimum Gasteiger partial charge on any atom is -0.493 e. The molecule has 1 N–H and O–H groups in total. The van der Waals surface area contributed by atoms with Gasteiger partial charge in [-0.2, -0.15) is 14.5 Å². The number of aromatic nitrogens is 5. The van der Waals surface area contributed by atoms with Gasteiger partial charge < -0.3 is 5.11 Å². The van der Waals surface area contributed by atoms with Crippen LogP contribution in [0.2, 0.25) is 0 Å². The molecule has 7 nitrogen and oxygen atoms in total. The van der Waals surface area contributed by atoms with Gasteiger partial charge in [-0.3, -0.25) is 14.0 Å². The molecule has 0 aliphatic heterocycles. The standard InChI is InChI=1S/C29H24F3N5O2/c1-3-36-11-9-25(35-36)27-34-28(38)24(29(39)37(27)16-19-12-21(30)15-22(31)13-19)14-18-4-6-20(7-5-18)23-8-10-33-26(32)17(23)2/h4-13,15,38H,3,14,16H2,1-2H3. The Labute approximate surface area is 221 Å². The Morgan fingerprint density at radius 3 is 2.33 bits per heavy atom. The molecule has 0 unspecified atom stereocenters. The predicted octanol–water partition coefficient (Wildman–Crippen LogP) is 5.26. The van der Waals surface area contributed by atoms with Crippen molar-refractivity contribution in [3.8, 4) is 28.5 Å². The van der Waals surface area contributed by atoms with Crippen molar-refractivity contribution in [3.05, 3.63) is 117 Å². The first-order chi connectivity index (χ1) is 18.7. The van der Waals surface area contributed by atoms with Crippen LogP contribution in [0.15, 0.2) is 71.8 Å². The van der Waals surface area contributed by atoms with Gasteiger partial charge in [-0.15, -0.1) is 0 Å². The van der Waals surface area contributed by atoms with Gasteiger partial charge in [0, 0.05) is 37.0 Å². The lowest BCUT2D eigenvalue weighted by atomic mass is 9.99. The number of hydrogen-bond donors (Lipinski definition) is 1. The molecule has 0 fully saturated rings. The highest BCUT2D eigenvalue weighted by Gasteiger charge is 2.20. The van der Waals surface area contributed by atoms with Crippen LogP contribution in [-0.4, -0.2) is 29.4 Å². The smallest absolute Gasteiger partial charge is 0.261 e. The van der Waals surface area contributed by atoms with Crippen molar-refractivity contribution >= 4 is 0 Å². The third-order valence-electron chi connectivity index (χ3n) is 6.49. The van der Waals surface area contributed by atoms with E-state index in [9.17, 15) is 23.1 Å². The number of aromatic hydroxyl groups is 1. The summed E-state index contributed by atoms with van der Waals surface area (Å²) in [5.41, 5.74) is 2.59. The van der Waals surface area contributed by atoms with Crippen molar-refractivity contribution in [2.45, 2.75) is 33.4 Å². The molecule has 0 atom stereocenters. The van der Waals surface area contributed by atoms with Gasteiger partial charge in [0.1, 0.15) is 17.3 Å². The van der Waals surface area contributed by atoms with Gasteiger partial charge in [0.25, 0.3) is 5.56 Å². The highest BCUT2D eigenvalue weighted by Crippen LogP contribution is 2.26. The molecule has 198 valence electrons. The van der Waals surface area contributed by atoms with Gasteiger partial charge in [0.05, 0.1) is 12.1 Å². The Balaban J connectivity index is 1.55. The van der Waals surface area contributed by atoms with Crippen LogP contribution in [0.5, 0.6) is 5.88 Å². The molecule has 0 radical (unpaired) electrons. The van der Waals surface area contributed by atoms with E-state index in [-0.39, 0.29) is 29.9 Å². The van der Waals surface area contributed by atoms with Crippen LogP contribution < -0.4 is 5.56 Å². The number of hydrogen-bond acceptors (Lipinski definition) is 5. The van der Waals surface area contributed by atoms with Crippen molar-refractivity contribution in [1.29, 1.82) is 0 Å². The van der Waals surface area contributed by atoms with Crippen molar-refractivity contribution in [2.24, 2.45) is 0 Å². The molecular formula is C29H24F3N5O2. The van der Waals surface area contributed by atoms with Crippen LogP contribution in [0.4, 0.5) is 13.2 Å². The summed E-state index contributed by atoms with van der Waals surface area (Å²) in [7, 11) is 0. The summed E-state index contributed by atoms with van der Waals surface area (Å²) in [5.74, 6) is -2.48. The summed E-state index contributed by atoms with van der Waals surface area (Å²) >= 11 is 0. The van der Waals surface area contributed by atoms with Gasteiger partial charge in [-0.05, 0) is 60.4 Å². The van der Waals surface area contributed by atoms with E-state index in [1.807, 2.05) is 6.92 Å². The van der Waals surface area contributed by atoms with E-state index in [0.717, 1.165) is 23.8 Å². The highest BCUT2D eigenvalue weighted by atomic mass is 19.1. The number of rotatable bonds is 7. The molecule has 3 heterocycles. The third-order valence-corrected chi connectivity index (χ3v) is 6.49. The summed E-state index contributed by atoms with van der Waals surface area (Å²) in [6, 6.07) is 13.5. The summed E-state index contributed by atoms with van der Waals surface area (Å²) in [4.78, 5) is 21.6. The molecule has 0 aliphatic carbocycles. The number of benzene rings is 2. The summed E-state index contributed by atoms with van der Waals surface area (Å²) in [5, 5.41) is 15.2. The zero-order chi connectivity index (χ0) is 27.7. The third kappa shape index (κ3) is 5.31. The second-order valence-electron chi connectivity index (χ2n) is 9.11. The van der Waals surface area contributed by atoms with E-state index >= 15 is 0 Å². The molecule has 5 rings (SSSR count). The second-order valence-corrected chi connectivity index (χ2v) is 9.11. The molecule has 0 aliphatic rings. The van der Waals surface area contributed by atoms with E-state index in [0.29, 0.717) is 28.9 Å². The Hall–Kier alpha value is -4.73. The first-order valence-electron chi connectivity index (χ1n) is 12.3. The van der Waals surface area contributed by atoms with E-state index in [1.165, 1.54) is 10.8 Å². The zero-order valence-corrected chi connectivity index (χ0v) is 21.2. The molecule has 3 aromatic heterocycles. The summed E-state index contributed by atoms with van der Waals surface area (Å²) in [6.07, 6.45) is 3.15. The molecule has 2 aromatic carbocycles. The molecule has 0 spiro atoms. The summed E-state index contributed by atoms with van der Waals surface area (Å²) in [6.45, 7) is 3.93. The van der Waals surface area contributed by atoms with Crippen molar-refractivity contribution in [3.63, 3.8) is 0 Å². The summed E-state index contributed by atoms with van der Waals surface area (Å²) < 4.78 is 44.6.